The summed E-state index contributed by atoms with van der Waals surface area (Å²) in [6, 6.07) is -0.0510. The molecule has 0 spiro atoms. The molecule has 2 aliphatic heterocycles. The number of nitrogens with one attached hydrogen (secondary N) is 2. The van der Waals surface area contributed by atoms with Crippen molar-refractivity contribution in [3.63, 3.8) is 0 Å². The molecule has 2 rings (SSSR count). The van der Waals surface area contributed by atoms with Crippen LogP contribution >= 0.6 is 0 Å². The molecule has 0 bridgehead atoms. The minimum Gasteiger partial charge on any atom is -0.341 e. The van der Waals surface area contributed by atoms with Crippen LogP contribution in [-0.2, 0) is 15.0 Å². The summed E-state index contributed by atoms with van der Waals surface area (Å²) in [7, 11) is -3.64. The van der Waals surface area contributed by atoms with Gasteiger partial charge in [-0.25, -0.2) is 9.86 Å². The highest BCUT2D eigenvalue weighted by molar-refractivity contribution is 7.87. The molecule has 110 valence electrons. The van der Waals surface area contributed by atoms with Crippen molar-refractivity contribution in [2.24, 2.45) is 11.1 Å². The van der Waals surface area contributed by atoms with E-state index in [1.54, 1.807) is 0 Å². The van der Waals surface area contributed by atoms with Gasteiger partial charge in [-0.3, -0.25) is 4.79 Å². The van der Waals surface area contributed by atoms with Crippen LogP contribution in [0.15, 0.2) is 0 Å². The third kappa shape index (κ3) is 4.41. The average molecular weight is 290 g/mol. The lowest BCUT2D eigenvalue weighted by Crippen LogP contribution is -2.49. The number of carbonyl (C=O) groups excluding carboxylic acids is 1. The number of nitrogens with two attached hydrogens (primary N) is 1. The van der Waals surface area contributed by atoms with Crippen molar-refractivity contribution in [2.75, 3.05) is 26.2 Å². The zero-order valence-corrected chi connectivity index (χ0v) is 11.8. The molecular formula is C11H22N4O3S. The Hall–Kier alpha value is -0.700. The van der Waals surface area contributed by atoms with Crippen LogP contribution in [0.5, 0.6) is 0 Å². The molecule has 8 heteroatoms. The van der Waals surface area contributed by atoms with Gasteiger partial charge in [-0.05, 0) is 38.1 Å². The van der Waals surface area contributed by atoms with E-state index in [1.165, 1.54) is 0 Å². The highest BCUT2D eigenvalue weighted by Crippen LogP contribution is 2.18. The lowest BCUT2D eigenvalue weighted by atomic mass is 9.97. The molecule has 19 heavy (non-hydrogen) atoms. The Bertz CT molecular complexity index is 420. The van der Waals surface area contributed by atoms with Crippen LogP contribution in [-0.4, -0.2) is 51.4 Å². The smallest absolute Gasteiger partial charge is 0.274 e. The van der Waals surface area contributed by atoms with Gasteiger partial charge >= 0.3 is 0 Å². The number of likely N-dealkylation sites (tertiary alicyclic amines) is 1. The van der Waals surface area contributed by atoms with Gasteiger partial charge in [0.1, 0.15) is 0 Å². The summed E-state index contributed by atoms with van der Waals surface area (Å²) in [4.78, 5) is 14.1. The predicted octanol–water partition coefficient (Wildman–Crippen LogP) is -1.23. The molecule has 0 radical (unpaired) electrons. The Kier molecular flexibility index (Phi) is 4.77. The number of piperidine rings is 1. The molecule has 7 nitrogen and oxygen atoms in total. The van der Waals surface area contributed by atoms with Gasteiger partial charge in [0.2, 0.25) is 5.91 Å². The lowest BCUT2D eigenvalue weighted by molar-refractivity contribution is -0.134. The van der Waals surface area contributed by atoms with Crippen molar-refractivity contribution in [1.82, 2.24) is 14.9 Å². The summed E-state index contributed by atoms with van der Waals surface area (Å²) in [5, 5.41) is 8.12. The van der Waals surface area contributed by atoms with Crippen LogP contribution < -0.4 is 15.2 Å². The van der Waals surface area contributed by atoms with Crippen molar-refractivity contribution in [3.05, 3.63) is 0 Å². The van der Waals surface area contributed by atoms with Crippen molar-refractivity contribution >= 4 is 16.1 Å². The van der Waals surface area contributed by atoms with E-state index in [0.29, 0.717) is 13.1 Å². The number of hydrogen-bond acceptors (Lipinski definition) is 4. The molecule has 0 aromatic rings. The highest BCUT2D eigenvalue weighted by Gasteiger charge is 2.30. The van der Waals surface area contributed by atoms with Crippen LogP contribution in [0.4, 0.5) is 0 Å². The zero-order valence-electron chi connectivity index (χ0n) is 11.0. The van der Waals surface area contributed by atoms with E-state index in [0.717, 1.165) is 38.8 Å². The first-order valence-corrected chi connectivity index (χ1v) is 8.30. The van der Waals surface area contributed by atoms with Crippen molar-refractivity contribution in [2.45, 2.75) is 31.7 Å². The quantitative estimate of drug-likeness (QED) is 0.603. The maximum atomic E-state index is 12.2. The molecule has 0 aromatic heterocycles. The van der Waals surface area contributed by atoms with Crippen LogP contribution in [0.1, 0.15) is 25.7 Å². The molecule has 0 aliphatic carbocycles. The van der Waals surface area contributed by atoms with E-state index < -0.39 is 10.2 Å². The summed E-state index contributed by atoms with van der Waals surface area (Å²) in [5.41, 5.74) is 0. The van der Waals surface area contributed by atoms with E-state index in [-0.39, 0.29) is 17.9 Å². The fourth-order valence-corrected chi connectivity index (χ4v) is 3.25. The molecule has 2 aliphatic rings. The molecule has 0 saturated carbocycles. The largest absolute Gasteiger partial charge is 0.341 e. The van der Waals surface area contributed by atoms with Gasteiger partial charge in [0.25, 0.3) is 10.2 Å². The van der Waals surface area contributed by atoms with Crippen LogP contribution in [0.3, 0.4) is 0 Å². The van der Waals surface area contributed by atoms with E-state index in [1.807, 2.05) is 4.90 Å². The fraction of sp³-hybridized carbons (Fsp3) is 0.909. The van der Waals surface area contributed by atoms with Crippen molar-refractivity contribution in [3.8, 4) is 0 Å². The summed E-state index contributed by atoms with van der Waals surface area (Å²) >= 11 is 0. The third-order valence-corrected chi connectivity index (χ3v) is 4.33. The first-order chi connectivity index (χ1) is 8.96. The van der Waals surface area contributed by atoms with Gasteiger partial charge in [-0.15, -0.1) is 0 Å². The minimum absolute atomic E-state index is 0.0510. The van der Waals surface area contributed by atoms with Gasteiger partial charge in [-0.2, -0.15) is 8.42 Å². The molecule has 2 atom stereocenters. The average Bonchev–Trinajstić information content (AvgIpc) is 2.89. The predicted molar refractivity (Wildman–Crippen MR) is 71.4 cm³/mol. The molecule has 2 unspecified atom stereocenters. The fourth-order valence-electron chi connectivity index (χ4n) is 2.78. The Labute approximate surface area is 114 Å². The first-order valence-electron chi connectivity index (χ1n) is 6.75. The molecule has 2 heterocycles. The normalized spacial score (nSPS) is 28.6. The number of rotatable bonds is 4. The number of hydrogen-bond donors (Lipinski definition) is 3. The zero-order chi connectivity index (χ0) is 13.9. The highest BCUT2D eigenvalue weighted by atomic mass is 32.2. The van der Waals surface area contributed by atoms with Crippen LogP contribution in [0.25, 0.3) is 0 Å². The van der Waals surface area contributed by atoms with Crippen LogP contribution in [0, 0.1) is 5.92 Å². The molecule has 1 amide bonds. The number of nitrogens with zero attached hydrogens (tertiary/aromatic N) is 1. The second kappa shape index (κ2) is 6.17. The summed E-state index contributed by atoms with van der Waals surface area (Å²) < 4.78 is 24.1. The maximum absolute atomic E-state index is 12.2. The van der Waals surface area contributed by atoms with Crippen molar-refractivity contribution in [1.29, 1.82) is 0 Å². The molecule has 0 aromatic carbocycles. The van der Waals surface area contributed by atoms with Gasteiger partial charge in [-0.1, -0.05) is 0 Å². The van der Waals surface area contributed by atoms with Gasteiger partial charge in [0.15, 0.2) is 0 Å². The second-order valence-electron chi connectivity index (χ2n) is 5.33. The Morgan fingerprint density at radius 1 is 1.37 bits per heavy atom. The van der Waals surface area contributed by atoms with Gasteiger partial charge in [0, 0.05) is 19.6 Å². The summed E-state index contributed by atoms with van der Waals surface area (Å²) in [6.07, 6.45) is 3.77. The Morgan fingerprint density at radius 2 is 2.16 bits per heavy atom. The third-order valence-electron chi connectivity index (χ3n) is 3.76. The van der Waals surface area contributed by atoms with E-state index in [2.05, 4.69) is 10.0 Å². The molecule has 4 N–H and O–H groups in total. The standard InChI is InChI=1S/C11H22N4O3S/c12-19(17,18)14-7-9-3-2-6-15(8-9)11(16)10-4-1-5-13-10/h9-10,13-14H,1-8H2,(H2,12,17,18). The molecule has 2 saturated heterocycles. The lowest BCUT2D eigenvalue weighted by Gasteiger charge is -2.34. The minimum atomic E-state index is -3.64. The summed E-state index contributed by atoms with van der Waals surface area (Å²) in [5.74, 6) is 0.301. The van der Waals surface area contributed by atoms with E-state index in [9.17, 15) is 13.2 Å². The monoisotopic (exact) mass is 290 g/mol. The van der Waals surface area contributed by atoms with E-state index in [4.69, 9.17) is 5.14 Å². The SMILES string of the molecule is NS(=O)(=O)NCC1CCCN(C(=O)C2CCCN2)C1. The van der Waals surface area contributed by atoms with Gasteiger partial charge < -0.3 is 10.2 Å². The number of amides is 1. The Morgan fingerprint density at radius 3 is 2.79 bits per heavy atom. The van der Waals surface area contributed by atoms with Gasteiger partial charge in [0.05, 0.1) is 6.04 Å². The number of carbonyl (C=O) groups is 1. The first kappa shape index (κ1) is 14.7. The van der Waals surface area contributed by atoms with Crippen LogP contribution in [0.2, 0.25) is 0 Å². The molecular weight excluding hydrogens is 268 g/mol. The second-order valence-corrected chi connectivity index (χ2v) is 6.71. The Balaban J connectivity index is 1.84. The topological polar surface area (TPSA) is 105 Å². The van der Waals surface area contributed by atoms with Crippen molar-refractivity contribution < 1.29 is 13.2 Å². The van der Waals surface area contributed by atoms with E-state index >= 15 is 0 Å². The molecule has 2 fully saturated rings. The maximum Gasteiger partial charge on any atom is 0.274 e. The summed E-state index contributed by atoms with van der Waals surface area (Å²) in [6.45, 7) is 2.59.